The van der Waals surface area contributed by atoms with Gasteiger partial charge in [-0.3, -0.25) is 10.1 Å². The molecule has 3 aromatic carbocycles. The van der Waals surface area contributed by atoms with Crippen LogP contribution in [0.1, 0.15) is 22.7 Å². The Bertz CT molecular complexity index is 1230. The van der Waals surface area contributed by atoms with E-state index < -0.39 is 4.92 Å². The topological polar surface area (TPSA) is 86.1 Å². The van der Waals surface area contributed by atoms with E-state index in [-0.39, 0.29) is 18.3 Å². The highest BCUT2D eigenvalue weighted by Gasteiger charge is 2.31. The summed E-state index contributed by atoms with van der Waals surface area (Å²) in [4.78, 5) is 12.7. The van der Waals surface area contributed by atoms with Gasteiger partial charge in [0.25, 0.3) is 5.69 Å². The van der Waals surface area contributed by atoms with Crippen LogP contribution in [0.3, 0.4) is 0 Å². The van der Waals surface area contributed by atoms with Gasteiger partial charge in [-0.1, -0.05) is 18.2 Å². The molecular formula is C26H27N3O5S. The van der Waals surface area contributed by atoms with Crippen molar-refractivity contribution in [3.63, 3.8) is 0 Å². The number of aryl methyl sites for hydroxylation is 1. The van der Waals surface area contributed by atoms with Gasteiger partial charge in [0.05, 0.1) is 25.2 Å². The number of nitrogens with one attached hydrogen (secondary N) is 1. The van der Waals surface area contributed by atoms with Crippen molar-refractivity contribution < 1.29 is 19.1 Å². The first-order valence-corrected chi connectivity index (χ1v) is 11.6. The van der Waals surface area contributed by atoms with Crippen molar-refractivity contribution in [3.8, 4) is 17.2 Å². The minimum atomic E-state index is -0.432. The largest absolute Gasteiger partial charge is 0.493 e. The lowest BCUT2D eigenvalue weighted by molar-refractivity contribution is -0.384. The molecule has 0 fully saturated rings. The number of benzene rings is 3. The maximum absolute atomic E-state index is 11.0. The second-order valence-electron chi connectivity index (χ2n) is 8.17. The molecular weight excluding hydrogens is 466 g/mol. The summed E-state index contributed by atoms with van der Waals surface area (Å²) < 4.78 is 17.2. The lowest BCUT2D eigenvalue weighted by atomic mass is 9.92. The van der Waals surface area contributed by atoms with E-state index in [0.29, 0.717) is 28.9 Å². The predicted octanol–water partition coefficient (Wildman–Crippen LogP) is 5.30. The van der Waals surface area contributed by atoms with Gasteiger partial charge in [0.1, 0.15) is 12.4 Å². The number of ether oxygens (including phenoxy) is 3. The Morgan fingerprint density at radius 3 is 2.46 bits per heavy atom. The van der Waals surface area contributed by atoms with Gasteiger partial charge >= 0.3 is 0 Å². The number of thiocarbonyl (C=S) groups is 1. The molecule has 1 N–H and O–H groups in total. The van der Waals surface area contributed by atoms with Gasteiger partial charge in [-0.05, 0) is 72.6 Å². The predicted molar refractivity (Wildman–Crippen MR) is 139 cm³/mol. The van der Waals surface area contributed by atoms with Crippen LogP contribution in [0, 0.1) is 17.0 Å². The van der Waals surface area contributed by atoms with E-state index >= 15 is 0 Å². The number of hydrogen-bond acceptors (Lipinski definition) is 6. The fourth-order valence-corrected chi connectivity index (χ4v) is 4.52. The van der Waals surface area contributed by atoms with Crippen LogP contribution in [0.5, 0.6) is 17.2 Å². The lowest BCUT2D eigenvalue weighted by Gasteiger charge is -2.39. The SMILES string of the molecule is COc1cc2c(cc1OC)C(COc1ccc([N+](=O)[O-])cc1)N(C(=S)Nc1ccccc1C)CC2. The minimum Gasteiger partial charge on any atom is -0.493 e. The Hall–Kier alpha value is -3.85. The zero-order valence-electron chi connectivity index (χ0n) is 19.8. The molecule has 1 heterocycles. The van der Waals surface area contributed by atoms with Crippen molar-refractivity contribution in [3.05, 3.63) is 87.5 Å². The molecule has 0 aromatic heterocycles. The molecule has 1 aliphatic rings. The molecule has 0 aliphatic carbocycles. The van der Waals surface area contributed by atoms with E-state index in [1.165, 1.54) is 12.1 Å². The summed E-state index contributed by atoms with van der Waals surface area (Å²) in [6.07, 6.45) is 0.777. The number of fused-ring (bicyclic) bond motifs is 1. The normalized spacial score (nSPS) is 14.6. The van der Waals surface area contributed by atoms with Crippen molar-refractivity contribution in [1.29, 1.82) is 0 Å². The summed E-state index contributed by atoms with van der Waals surface area (Å²) in [5.41, 5.74) is 4.23. The van der Waals surface area contributed by atoms with Gasteiger partial charge < -0.3 is 24.4 Å². The Morgan fingerprint density at radius 2 is 1.80 bits per heavy atom. The molecule has 0 amide bonds. The molecule has 9 heteroatoms. The smallest absolute Gasteiger partial charge is 0.269 e. The second kappa shape index (κ2) is 10.6. The Morgan fingerprint density at radius 1 is 1.11 bits per heavy atom. The number of methoxy groups -OCH3 is 2. The third kappa shape index (κ3) is 5.30. The van der Waals surface area contributed by atoms with Crippen LogP contribution in [-0.4, -0.2) is 42.3 Å². The summed E-state index contributed by atoms with van der Waals surface area (Å²) in [7, 11) is 3.23. The first kappa shape index (κ1) is 24.3. The molecule has 4 rings (SSSR count). The molecule has 182 valence electrons. The maximum Gasteiger partial charge on any atom is 0.269 e. The van der Waals surface area contributed by atoms with E-state index in [2.05, 4.69) is 10.2 Å². The van der Waals surface area contributed by atoms with Gasteiger partial charge in [-0.25, -0.2) is 0 Å². The van der Waals surface area contributed by atoms with Crippen LogP contribution in [0.15, 0.2) is 60.7 Å². The van der Waals surface area contributed by atoms with Crippen molar-refractivity contribution in [2.75, 3.05) is 32.7 Å². The monoisotopic (exact) mass is 493 g/mol. The molecule has 0 spiro atoms. The number of nitro benzene ring substituents is 1. The van der Waals surface area contributed by atoms with Gasteiger partial charge in [-0.15, -0.1) is 0 Å². The summed E-state index contributed by atoms with van der Waals surface area (Å²) in [6, 6.07) is 17.8. The zero-order valence-corrected chi connectivity index (χ0v) is 20.6. The number of anilines is 1. The number of non-ortho nitro benzene ring substituents is 1. The van der Waals surface area contributed by atoms with Crippen LogP contribution in [-0.2, 0) is 6.42 Å². The number of hydrogen-bond donors (Lipinski definition) is 1. The van der Waals surface area contributed by atoms with Crippen LogP contribution in [0.25, 0.3) is 0 Å². The zero-order chi connectivity index (χ0) is 24.9. The standard InChI is InChI=1S/C26H27N3O5S/c1-17-6-4-5-7-22(17)27-26(35)28-13-12-18-14-24(32-2)25(33-3)15-21(18)23(28)16-34-20-10-8-19(9-11-20)29(30)31/h4-11,14-15,23H,12-13,16H2,1-3H3,(H,27,35). The Balaban J connectivity index is 1.64. The molecule has 0 saturated carbocycles. The summed E-state index contributed by atoms with van der Waals surface area (Å²) in [6.45, 7) is 3.01. The van der Waals surface area contributed by atoms with E-state index in [1.807, 2.05) is 43.3 Å². The second-order valence-corrected chi connectivity index (χ2v) is 8.56. The molecule has 0 radical (unpaired) electrons. The van der Waals surface area contributed by atoms with Crippen molar-refractivity contribution in [1.82, 2.24) is 4.90 Å². The molecule has 0 saturated heterocycles. The van der Waals surface area contributed by atoms with Gasteiger partial charge in [0, 0.05) is 24.4 Å². The highest BCUT2D eigenvalue weighted by molar-refractivity contribution is 7.80. The summed E-state index contributed by atoms with van der Waals surface area (Å²) in [5.74, 6) is 1.85. The molecule has 3 aromatic rings. The first-order valence-electron chi connectivity index (χ1n) is 11.2. The number of rotatable bonds is 7. The number of nitrogens with zero attached hydrogens (tertiary/aromatic N) is 2. The van der Waals surface area contributed by atoms with Crippen molar-refractivity contribution in [2.24, 2.45) is 0 Å². The van der Waals surface area contributed by atoms with E-state index in [0.717, 1.165) is 28.8 Å². The van der Waals surface area contributed by atoms with Gasteiger partial charge in [-0.2, -0.15) is 0 Å². The maximum atomic E-state index is 11.0. The van der Waals surface area contributed by atoms with Crippen LogP contribution < -0.4 is 19.5 Å². The lowest BCUT2D eigenvalue weighted by Crippen LogP contribution is -2.44. The molecule has 35 heavy (non-hydrogen) atoms. The van der Waals surface area contributed by atoms with Crippen LogP contribution >= 0.6 is 12.2 Å². The minimum absolute atomic E-state index is 0.0161. The number of para-hydroxylation sites is 1. The fourth-order valence-electron chi connectivity index (χ4n) is 4.19. The first-order chi connectivity index (χ1) is 16.9. The van der Waals surface area contributed by atoms with Crippen molar-refractivity contribution in [2.45, 2.75) is 19.4 Å². The van der Waals surface area contributed by atoms with Crippen LogP contribution in [0.2, 0.25) is 0 Å². The Labute approximate surface area is 209 Å². The third-order valence-electron chi connectivity index (χ3n) is 6.11. The fraction of sp³-hybridized carbons (Fsp3) is 0.269. The third-order valence-corrected chi connectivity index (χ3v) is 6.44. The molecule has 1 unspecified atom stereocenters. The van der Waals surface area contributed by atoms with Crippen molar-refractivity contribution >= 4 is 28.7 Å². The quantitative estimate of drug-likeness (QED) is 0.270. The number of nitro groups is 1. The Kier molecular flexibility index (Phi) is 7.36. The molecule has 1 atom stereocenters. The van der Waals surface area contributed by atoms with Gasteiger partial charge in [0.15, 0.2) is 16.6 Å². The summed E-state index contributed by atoms with van der Waals surface area (Å²) >= 11 is 5.84. The van der Waals surface area contributed by atoms with E-state index in [4.69, 9.17) is 26.4 Å². The van der Waals surface area contributed by atoms with Gasteiger partial charge in [0.2, 0.25) is 0 Å². The average molecular weight is 494 g/mol. The molecule has 0 bridgehead atoms. The van der Waals surface area contributed by atoms with E-state index in [1.54, 1.807) is 26.4 Å². The van der Waals surface area contributed by atoms with Crippen LogP contribution in [0.4, 0.5) is 11.4 Å². The van der Waals surface area contributed by atoms with E-state index in [9.17, 15) is 10.1 Å². The average Bonchev–Trinajstić information content (AvgIpc) is 2.87. The molecule has 1 aliphatic heterocycles. The highest BCUT2D eigenvalue weighted by atomic mass is 32.1. The summed E-state index contributed by atoms with van der Waals surface area (Å²) in [5, 5.41) is 14.9. The molecule has 8 nitrogen and oxygen atoms in total. The highest BCUT2D eigenvalue weighted by Crippen LogP contribution is 2.39.